The van der Waals surface area contributed by atoms with Crippen molar-refractivity contribution < 1.29 is 14.7 Å². The van der Waals surface area contributed by atoms with Gasteiger partial charge in [-0.3, -0.25) is 9.59 Å². The van der Waals surface area contributed by atoms with Crippen LogP contribution in [0.3, 0.4) is 0 Å². The highest BCUT2D eigenvalue weighted by atomic mass is 79.9. The van der Waals surface area contributed by atoms with Crippen LogP contribution < -0.4 is 5.32 Å². The Bertz CT molecular complexity index is 702. The van der Waals surface area contributed by atoms with Crippen molar-refractivity contribution in [3.8, 4) is 0 Å². The Hall–Kier alpha value is -1.73. The lowest BCUT2D eigenvalue weighted by Gasteiger charge is -2.17. The number of thiazole rings is 1. The maximum atomic E-state index is 12.4. The Morgan fingerprint density at radius 2 is 2.22 bits per heavy atom. The summed E-state index contributed by atoms with van der Waals surface area (Å²) < 4.78 is 0.836. The highest BCUT2D eigenvalue weighted by molar-refractivity contribution is 9.10. The van der Waals surface area contributed by atoms with E-state index in [-0.39, 0.29) is 12.3 Å². The van der Waals surface area contributed by atoms with Crippen LogP contribution in [0.4, 0.5) is 0 Å². The summed E-state index contributed by atoms with van der Waals surface area (Å²) >= 11 is 4.71. The first-order valence-electron chi connectivity index (χ1n) is 7.22. The number of nitrogens with one attached hydrogen (secondary N) is 1. The number of hydrogen-bond acceptors (Lipinski definition) is 4. The molecule has 1 aromatic carbocycles. The van der Waals surface area contributed by atoms with Gasteiger partial charge in [-0.2, -0.15) is 0 Å². The third-order valence-corrected chi connectivity index (χ3v) is 4.73. The van der Waals surface area contributed by atoms with E-state index in [0.717, 1.165) is 27.9 Å². The van der Waals surface area contributed by atoms with Crippen LogP contribution in [0.15, 0.2) is 34.9 Å². The number of benzene rings is 1. The van der Waals surface area contributed by atoms with Gasteiger partial charge in [0.15, 0.2) is 0 Å². The van der Waals surface area contributed by atoms with Crippen molar-refractivity contribution in [1.82, 2.24) is 10.3 Å². The van der Waals surface area contributed by atoms with Crippen LogP contribution in [-0.4, -0.2) is 22.0 Å². The van der Waals surface area contributed by atoms with E-state index in [1.807, 2.05) is 18.2 Å². The number of nitrogens with zero attached hydrogens (tertiary/aromatic N) is 1. The molecule has 0 aliphatic heterocycles. The van der Waals surface area contributed by atoms with Gasteiger partial charge in [0.05, 0.1) is 23.7 Å². The fourth-order valence-electron chi connectivity index (χ4n) is 2.12. The smallest absolute Gasteiger partial charge is 0.305 e. The van der Waals surface area contributed by atoms with Gasteiger partial charge in [0.2, 0.25) is 0 Å². The third kappa shape index (κ3) is 5.14. The fraction of sp³-hybridized carbons (Fsp3) is 0.312. The van der Waals surface area contributed by atoms with E-state index in [1.165, 1.54) is 11.3 Å². The second-order valence-electron chi connectivity index (χ2n) is 5.05. The van der Waals surface area contributed by atoms with E-state index in [0.29, 0.717) is 4.88 Å². The second kappa shape index (κ2) is 8.21. The van der Waals surface area contributed by atoms with E-state index in [1.54, 1.807) is 12.3 Å². The Labute approximate surface area is 146 Å². The molecule has 2 rings (SSSR count). The zero-order chi connectivity index (χ0) is 16.8. The summed E-state index contributed by atoms with van der Waals surface area (Å²) in [7, 11) is 0. The number of carbonyl (C=O) groups is 2. The average molecular weight is 397 g/mol. The van der Waals surface area contributed by atoms with Gasteiger partial charge in [0.25, 0.3) is 5.91 Å². The van der Waals surface area contributed by atoms with E-state index in [4.69, 9.17) is 5.11 Å². The van der Waals surface area contributed by atoms with Gasteiger partial charge in [0.1, 0.15) is 4.88 Å². The summed E-state index contributed by atoms with van der Waals surface area (Å²) in [5, 5.41) is 12.8. The quantitative estimate of drug-likeness (QED) is 0.745. The monoisotopic (exact) mass is 396 g/mol. The average Bonchev–Trinajstić information content (AvgIpc) is 2.95. The lowest BCUT2D eigenvalue weighted by Crippen LogP contribution is -2.29. The zero-order valence-electron chi connectivity index (χ0n) is 12.6. The van der Waals surface area contributed by atoms with E-state index < -0.39 is 12.0 Å². The maximum Gasteiger partial charge on any atom is 0.305 e. The first-order valence-corrected chi connectivity index (χ1v) is 8.83. The number of halogens is 1. The summed E-state index contributed by atoms with van der Waals surface area (Å²) in [4.78, 5) is 28.2. The van der Waals surface area contributed by atoms with Crippen LogP contribution in [0.1, 0.15) is 46.0 Å². The third-order valence-electron chi connectivity index (χ3n) is 3.18. The van der Waals surface area contributed by atoms with Gasteiger partial charge >= 0.3 is 5.97 Å². The first-order chi connectivity index (χ1) is 11.0. The van der Waals surface area contributed by atoms with Crippen LogP contribution in [0.2, 0.25) is 0 Å². The predicted molar refractivity (Wildman–Crippen MR) is 92.7 cm³/mol. The highest BCUT2D eigenvalue weighted by Gasteiger charge is 2.20. The molecule has 0 aliphatic rings. The lowest BCUT2D eigenvalue weighted by molar-refractivity contribution is -0.137. The molecule has 23 heavy (non-hydrogen) atoms. The van der Waals surface area contributed by atoms with E-state index in [9.17, 15) is 9.59 Å². The minimum absolute atomic E-state index is 0.178. The first kappa shape index (κ1) is 17.6. The van der Waals surface area contributed by atoms with Crippen molar-refractivity contribution in [1.29, 1.82) is 0 Å². The zero-order valence-corrected chi connectivity index (χ0v) is 15.0. The highest BCUT2D eigenvalue weighted by Crippen LogP contribution is 2.22. The summed E-state index contributed by atoms with van der Waals surface area (Å²) in [5.41, 5.74) is 0.744. The molecule has 0 bridgehead atoms. The van der Waals surface area contributed by atoms with Crippen molar-refractivity contribution in [2.24, 2.45) is 0 Å². The number of aromatic nitrogens is 1. The van der Waals surface area contributed by atoms with Crippen LogP contribution in [0.5, 0.6) is 0 Å². The molecule has 0 saturated heterocycles. The van der Waals surface area contributed by atoms with Crippen molar-refractivity contribution >= 4 is 39.1 Å². The molecule has 5 nitrogen and oxygen atoms in total. The Morgan fingerprint density at radius 3 is 2.87 bits per heavy atom. The maximum absolute atomic E-state index is 12.4. The molecule has 0 aliphatic carbocycles. The molecule has 2 N–H and O–H groups in total. The molecule has 1 unspecified atom stereocenters. The largest absolute Gasteiger partial charge is 0.481 e. The van der Waals surface area contributed by atoms with Crippen LogP contribution in [-0.2, 0) is 11.2 Å². The summed E-state index contributed by atoms with van der Waals surface area (Å²) in [6, 6.07) is 6.68. The van der Waals surface area contributed by atoms with Gasteiger partial charge in [-0.1, -0.05) is 35.0 Å². The number of carboxylic acid groups (broad SMARTS) is 1. The second-order valence-corrected chi connectivity index (χ2v) is 7.08. The van der Waals surface area contributed by atoms with Crippen molar-refractivity contribution in [3.05, 3.63) is 50.4 Å². The van der Waals surface area contributed by atoms with Crippen molar-refractivity contribution in [2.45, 2.75) is 32.2 Å². The molecule has 0 radical (unpaired) electrons. The van der Waals surface area contributed by atoms with E-state index >= 15 is 0 Å². The van der Waals surface area contributed by atoms with Crippen molar-refractivity contribution in [2.75, 3.05) is 0 Å². The molecule has 0 fully saturated rings. The standard InChI is InChI=1S/C16H17BrN2O3S/c1-2-4-14-18-9-13(23-14)16(22)19-12(8-15(20)21)10-5-3-6-11(17)7-10/h3,5-7,9,12H,2,4,8H2,1H3,(H,19,22)(H,20,21). The molecule has 1 amide bonds. The predicted octanol–water partition coefficient (Wildman–Crippen LogP) is 3.80. The normalized spacial score (nSPS) is 11.9. The number of carboxylic acids is 1. The van der Waals surface area contributed by atoms with Gasteiger partial charge in [-0.15, -0.1) is 11.3 Å². The molecule has 122 valence electrons. The number of amides is 1. The summed E-state index contributed by atoms with van der Waals surface area (Å²) in [5.74, 6) is -1.26. The molecule has 7 heteroatoms. The fourth-order valence-corrected chi connectivity index (χ4v) is 3.46. The lowest BCUT2D eigenvalue weighted by atomic mass is 10.0. The Balaban J connectivity index is 2.16. The number of rotatable bonds is 7. The molecular weight excluding hydrogens is 380 g/mol. The number of aryl methyl sites for hydroxylation is 1. The molecule has 1 heterocycles. The van der Waals surface area contributed by atoms with Crippen molar-refractivity contribution in [3.63, 3.8) is 0 Å². The molecule has 0 saturated carbocycles. The van der Waals surface area contributed by atoms with E-state index in [2.05, 4.69) is 33.2 Å². The SMILES string of the molecule is CCCc1ncc(C(=O)NC(CC(=O)O)c2cccc(Br)c2)s1. The number of carbonyl (C=O) groups excluding carboxylic acids is 1. The summed E-state index contributed by atoms with van der Waals surface area (Å²) in [6.45, 7) is 2.05. The topological polar surface area (TPSA) is 79.3 Å². The van der Waals surface area contributed by atoms with Crippen LogP contribution >= 0.6 is 27.3 Å². The number of hydrogen-bond donors (Lipinski definition) is 2. The molecule has 1 aromatic heterocycles. The summed E-state index contributed by atoms with van der Waals surface area (Å²) in [6.07, 6.45) is 3.17. The Morgan fingerprint density at radius 1 is 1.43 bits per heavy atom. The van der Waals surface area contributed by atoms with Crippen LogP contribution in [0, 0.1) is 0 Å². The van der Waals surface area contributed by atoms with Gasteiger partial charge in [-0.25, -0.2) is 4.98 Å². The molecular formula is C16H17BrN2O3S. The molecule has 0 spiro atoms. The number of aliphatic carboxylic acids is 1. The molecule has 1 atom stereocenters. The van der Waals surface area contributed by atoms with Gasteiger partial charge in [0, 0.05) is 4.47 Å². The van der Waals surface area contributed by atoms with Gasteiger partial charge < -0.3 is 10.4 Å². The minimum Gasteiger partial charge on any atom is -0.481 e. The van der Waals surface area contributed by atoms with Gasteiger partial charge in [-0.05, 0) is 30.5 Å². The van der Waals surface area contributed by atoms with Crippen LogP contribution in [0.25, 0.3) is 0 Å². The Kier molecular flexibility index (Phi) is 6.29. The minimum atomic E-state index is -0.966. The molecule has 2 aromatic rings.